The van der Waals surface area contributed by atoms with Crippen molar-refractivity contribution in [1.82, 2.24) is 9.97 Å². The zero-order chi connectivity index (χ0) is 22.4. The zero-order valence-corrected chi connectivity index (χ0v) is 27.1. The fourth-order valence-electron chi connectivity index (χ4n) is 1.75. The van der Waals surface area contributed by atoms with Gasteiger partial charge in [0.2, 0.25) is 0 Å². The fourth-order valence-corrected chi connectivity index (χ4v) is 1.75. The number of benzene rings is 1. The van der Waals surface area contributed by atoms with Crippen molar-refractivity contribution in [2.45, 2.75) is 103 Å². The molecule has 0 aliphatic rings. The van der Waals surface area contributed by atoms with Crippen molar-refractivity contribution in [2.75, 3.05) is 0 Å². The summed E-state index contributed by atoms with van der Waals surface area (Å²) in [6.45, 7) is 29.1. The number of nitrogens with one attached hydrogen (secondary N) is 1. The van der Waals surface area contributed by atoms with E-state index < -0.39 is 0 Å². The van der Waals surface area contributed by atoms with Crippen molar-refractivity contribution in [3.63, 3.8) is 0 Å². The number of hydrogen-bond acceptors (Lipinski definition) is 1. The topological polar surface area (TPSA) is 28.7 Å². The quantitative estimate of drug-likeness (QED) is 0.324. The van der Waals surface area contributed by atoms with E-state index in [9.17, 15) is 0 Å². The van der Waals surface area contributed by atoms with Gasteiger partial charge in [-0.05, 0) is 42.3 Å². The second-order valence-corrected chi connectivity index (χ2v) is 5.56. The predicted molar refractivity (Wildman–Crippen MR) is 148 cm³/mol. The van der Waals surface area contributed by atoms with Crippen molar-refractivity contribution < 1.29 is 32.7 Å². The number of H-pyrrole nitrogens is 1. The molecule has 1 aromatic heterocycles. The average Bonchev–Trinajstić information content (AvgIpc) is 3.16. The van der Waals surface area contributed by atoms with E-state index in [1.54, 1.807) is 0 Å². The number of fused-ring (bicyclic) bond motifs is 1. The molecule has 0 aliphatic heterocycles. The molecule has 181 valence electrons. The molecule has 2 aromatic rings. The van der Waals surface area contributed by atoms with Crippen LogP contribution < -0.4 is 0 Å². The minimum absolute atomic E-state index is 0. The zero-order valence-electron chi connectivity index (χ0n) is 24.3. The number of rotatable bonds is 3. The molecule has 0 saturated carbocycles. The minimum Gasteiger partial charge on any atom is -0.368 e. The molecule has 3 radical (unpaired) electrons. The van der Waals surface area contributed by atoms with Crippen molar-refractivity contribution in [3.05, 3.63) is 50.9 Å². The van der Waals surface area contributed by atoms with E-state index in [0.717, 1.165) is 28.7 Å². The van der Waals surface area contributed by atoms with E-state index >= 15 is 0 Å². The summed E-state index contributed by atoms with van der Waals surface area (Å²) >= 11 is 0. The van der Waals surface area contributed by atoms with Crippen LogP contribution in [0.5, 0.6) is 0 Å². The van der Waals surface area contributed by atoms with Gasteiger partial charge < -0.3 is 26.3 Å². The van der Waals surface area contributed by atoms with Crippen LogP contribution in [0.3, 0.4) is 0 Å². The second kappa shape index (κ2) is 40.1. The third kappa shape index (κ3) is 27.7. The Morgan fingerprint density at radius 2 is 1.32 bits per heavy atom. The van der Waals surface area contributed by atoms with Crippen LogP contribution in [0.15, 0.2) is 18.2 Å². The maximum absolute atomic E-state index is 4.36. The predicted octanol–water partition coefficient (Wildman–Crippen LogP) is 9.75. The van der Waals surface area contributed by atoms with Crippen LogP contribution in [0.1, 0.15) is 108 Å². The van der Waals surface area contributed by atoms with Crippen LogP contribution in [0.25, 0.3) is 11.0 Å². The van der Waals surface area contributed by atoms with Gasteiger partial charge >= 0.3 is 32.7 Å². The van der Waals surface area contributed by atoms with Crippen LogP contribution in [0, 0.1) is 40.0 Å². The van der Waals surface area contributed by atoms with Gasteiger partial charge in [0, 0.05) is 8.41 Å². The summed E-state index contributed by atoms with van der Waals surface area (Å²) in [5.41, 5.74) is 3.41. The van der Waals surface area contributed by atoms with Crippen LogP contribution in [0.4, 0.5) is 0 Å². The molecule has 0 saturated heterocycles. The molecule has 1 heterocycles. The van der Waals surface area contributed by atoms with Crippen molar-refractivity contribution in [2.24, 2.45) is 11.8 Å². The van der Waals surface area contributed by atoms with Gasteiger partial charge in [0.25, 0.3) is 0 Å². The van der Waals surface area contributed by atoms with E-state index in [1.165, 1.54) is 12.0 Å². The van der Waals surface area contributed by atoms with Gasteiger partial charge in [0.1, 0.15) is 0 Å². The van der Waals surface area contributed by atoms with Crippen LogP contribution >= 0.6 is 0 Å². The first-order valence-electron chi connectivity index (χ1n) is 11.2. The first kappa shape index (κ1) is 52.6. The molecule has 2 rings (SSSR count). The number of aromatic nitrogens is 2. The molecule has 0 spiro atoms. The van der Waals surface area contributed by atoms with E-state index in [2.05, 4.69) is 56.7 Å². The summed E-state index contributed by atoms with van der Waals surface area (Å²) in [6, 6.07) is 6.21. The normalized spacial score (nSPS) is 8.23. The molecular formula is C27H57BN2Y. The van der Waals surface area contributed by atoms with Crippen molar-refractivity contribution in [3.8, 4) is 0 Å². The number of nitrogens with zero attached hydrogens (tertiary/aromatic N) is 1. The fraction of sp³-hybridized carbons (Fsp3) is 0.630. The van der Waals surface area contributed by atoms with Gasteiger partial charge in [0.15, 0.2) is 0 Å². The summed E-state index contributed by atoms with van der Waals surface area (Å²) in [5.74, 6) is 2.71. The third-order valence-corrected chi connectivity index (χ3v) is 3.71. The number of imidazole rings is 1. The molecule has 1 unspecified atom stereocenters. The Labute approximate surface area is 227 Å². The van der Waals surface area contributed by atoms with Gasteiger partial charge in [-0.15, -0.1) is 0 Å². The Bertz CT molecular complexity index is 511. The standard InChI is InChI=1S/C10H11N2.C7H16.4C2H6.2CH3.B.Y/c1-3-10-11-8-5-4-7(2)6-9(8)12-10;1-5-7(4)6(2)3;4*1-2;;;;/h3-6H,1-2H3,(H,11,12);6-7H,5H2,1-4H3;4*1-2H3;2*1H3;;/q-1;;;;;;2*-1;;+3. The van der Waals surface area contributed by atoms with Gasteiger partial charge in [0.05, 0.1) is 11.0 Å². The van der Waals surface area contributed by atoms with Crippen LogP contribution in [-0.4, -0.2) is 18.4 Å². The molecule has 0 fully saturated rings. The summed E-state index contributed by atoms with van der Waals surface area (Å²) in [7, 11) is 0. The number of aryl methyl sites for hydroxylation is 1. The SMILES string of the molecule is CC.CC.CC.CC.CCC(C)C(C)C.C[CH-]c1nc2ccc(C)cc2[nH]1.[B].[CH3-].[CH3-].[Y+3]. The van der Waals surface area contributed by atoms with E-state index in [0.29, 0.717) is 0 Å². The first-order valence-corrected chi connectivity index (χ1v) is 11.2. The van der Waals surface area contributed by atoms with Crippen molar-refractivity contribution in [1.29, 1.82) is 0 Å². The Balaban J connectivity index is -0.0000000411. The molecule has 0 bridgehead atoms. The largest absolute Gasteiger partial charge is 3.00 e. The molecule has 4 heteroatoms. The Hall–Kier alpha value is -0.271. The Kier molecular flexibility index (Phi) is 68.0. The molecule has 0 amide bonds. The molecule has 0 aliphatic carbocycles. The summed E-state index contributed by atoms with van der Waals surface area (Å²) < 4.78 is 0. The molecule has 1 aromatic carbocycles. The molecule has 1 N–H and O–H groups in total. The Morgan fingerprint density at radius 3 is 1.61 bits per heavy atom. The maximum Gasteiger partial charge on any atom is 3.00 e. The molecular weight excluding hydrogens is 452 g/mol. The minimum atomic E-state index is 0. The summed E-state index contributed by atoms with van der Waals surface area (Å²) in [4.78, 5) is 7.58. The maximum atomic E-state index is 4.36. The third-order valence-electron chi connectivity index (χ3n) is 3.71. The monoisotopic (exact) mass is 509 g/mol. The number of hydrogen-bond donors (Lipinski definition) is 1. The molecule has 2 nitrogen and oxygen atoms in total. The van der Waals surface area contributed by atoms with E-state index in [4.69, 9.17) is 0 Å². The van der Waals surface area contributed by atoms with Gasteiger partial charge in [-0.3, -0.25) is 4.98 Å². The van der Waals surface area contributed by atoms with E-state index in [-0.39, 0.29) is 56.0 Å². The van der Waals surface area contributed by atoms with Crippen molar-refractivity contribution >= 4 is 19.4 Å². The van der Waals surface area contributed by atoms with Crippen LogP contribution in [-0.2, 0) is 32.7 Å². The number of aromatic amines is 1. The smallest absolute Gasteiger partial charge is 0.368 e. The first-order chi connectivity index (χ1) is 13.0. The summed E-state index contributed by atoms with van der Waals surface area (Å²) in [5, 5.41) is 0. The second-order valence-electron chi connectivity index (χ2n) is 5.56. The average molecular weight is 509 g/mol. The molecule has 31 heavy (non-hydrogen) atoms. The summed E-state index contributed by atoms with van der Waals surface area (Å²) in [6.07, 6.45) is 3.28. The van der Waals surface area contributed by atoms with Gasteiger partial charge in [-0.2, -0.15) is 6.92 Å². The Morgan fingerprint density at radius 1 is 0.903 bits per heavy atom. The van der Waals surface area contributed by atoms with Gasteiger partial charge in [-0.1, -0.05) is 95.6 Å². The van der Waals surface area contributed by atoms with Crippen LogP contribution in [0.2, 0.25) is 0 Å². The van der Waals surface area contributed by atoms with Gasteiger partial charge in [-0.25, -0.2) is 0 Å². The van der Waals surface area contributed by atoms with E-state index in [1.807, 2.05) is 74.8 Å². The molecule has 1 atom stereocenters.